The summed E-state index contributed by atoms with van der Waals surface area (Å²) in [5.41, 5.74) is 1.05. The van der Waals surface area contributed by atoms with Crippen molar-refractivity contribution in [1.29, 1.82) is 0 Å². The minimum absolute atomic E-state index is 0.212. The summed E-state index contributed by atoms with van der Waals surface area (Å²) in [5.74, 6) is -1.18. The highest BCUT2D eigenvalue weighted by molar-refractivity contribution is 6.07. The van der Waals surface area contributed by atoms with Gasteiger partial charge in [-0.25, -0.2) is 4.98 Å². The highest BCUT2D eigenvalue weighted by atomic mass is 19.4. The highest BCUT2D eigenvalue weighted by Crippen LogP contribution is 2.36. The van der Waals surface area contributed by atoms with Gasteiger partial charge < -0.3 is 24.4 Å². The first kappa shape index (κ1) is 26.8. The Bertz CT molecular complexity index is 1330. The number of benzene rings is 1. The van der Waals surface area contributed by atoms with Gasteiger partial charge in [-0.1, -0.05) is 19.1 Å². The molecule has 0 fully saturated rings. The Balaban J connectivity index is 1.64. The second-order valence-corrected chi connectivity index (χ2v) is 8.39. The van der Waals surface area contributed by atoms with E-state index in [2.05, 4.69) is 20.1 Å². The normalized spacial score (nSPS) is 15.0. The number of nitrogens with zero attached hydrogens (tertiary/aromatic N) is 4. The zero-order valence-corrected chi connectivity index (χ0v) is 20.9. The number of halogens is 3. The molecule has 1 aromatic carbocycles. The molecule has 3 aromatic rings. The van der Waals surface area contributed by atoms with Gasteiger partial charge in [0, 0.05) is 25.4 Å². The van der Waals surface area contributed by atoms with Gasteiger partial charge in [0.15, 0.2) is 5.75 Å². The molecule has 2 amide bonds. The number of pyridine rings is 1. The van der Waals surface area contributed by atoms with Crippen LogP contribution in [-0.2, 0) is 6.54 Å². The third kappa shape index (κ3) is 5.50. The van der Waals surface area contributed by atoms with E-state index in [0.717, 1.165) is 12.5 Å². The largest absolute Gasteiger partial charge is 0.573 e. The minimum Gasteiger partial charge on any atom is -0.491 e. The zero-order chi connectivity index (χ0) is 27.4. The van der Waals surface area contributed by atoms with Gasteiger partial charge in [-0.05, 0) is 25.0 Å². The maximum atomic E-state index is 13.5. The molecule has 10 nitrogen and oxygen atoms in total. The van der Waals surface area contributed by atoms with Crippen LogP contribution in [0.3, 0.4) is 0 Å². The number of alkyl halides is 3. The average Bonchev–Trinajstić information content (AvgIpc) is 3.32. The molecule has 1 aliphatic heterocycles. The molecule has 202 valence electrons. The number of carbonyl (C=O) groups is 2. The smallest absolute Gasteiger partial charge is 0.491 e. The number of hydrogen-bond donors (Lipinski definition) is 1. The van der Waals surface area contributed by atoms with Gasteiger partial charge in [-0.15, -0.1) is 13.2 Å². The van der Waals surface area contributed by atoms with Crippen molar-refractivity contribution >= 4 is 17.5 Å². The molecule has 0 radical (unpaired) electrons. The summed E-state index contributed by atoms with van der Waals surface area (Å²) in [5, 5.41) is 7.21. The van der Waals surface area contributed by atoms with E-state index >= 15 is 0 Å². The number of aryl methyl sites for hydroxylation is 1. The minimum atomic E-state index is -4.95. The second kappa shape index (κ2) is 11.0. The maximum absolute atomic E-state index is 13.5. The number of carbonyl (C=O) groups excluding carboxylic acids is 2. The molecule has 38 heavy (non-hydrogen) atoms. The lowest BCUT2D eigenvalue weighted by molar-refractivity contribution is -0.274. The lowest BCUT2D eigenvalue weighted by Gasteiger charge is -2.33. The Kier molecular flexibility index (Phi) is 7.74. The number of amides is 2. The summed E-state index contributed by atoms with van der Waals surface area (Å²) in [6.45, 7) is 2.67. The van der Waals surface area contributed by atoms with Crippen molar-refractivity contribution in [3.05, 3.63) is 59.5 Å². The van der Waals surface area contributed by atoms with E-state index in [9.17, 15) is 22.8 Å². The first-order chi connectivity index (χ1) is 18.2. The molecule has 2 aromatic heterocycles. The summed E-state index contributed by atoms with van der Waals surface area (Å²) in [6, 6.07) is 6.04. The summed E-state index contributed by atoms with van der Waals surface area (Å²) in [6.07, 6.45) is -1.01. The Labute approximate surface area is 216 Å². The number of para-hydroxylation sites is 1. The predicted molar refractivity (Wildman–Crippen MR) is 129 cm³/mol. The van der Waals surface area contributed by atoms with Crippen molar-refractivity contribution in [3.63, 3.8) is 0 Å². The van der Waals surface area contributed by atoms with E-state index in [4.69, 9.17) is 9.47 Å². The van der Waals surface area contributed by atoms with Gasteiger partial charge in [0.05, 0.1) is 49.0 Å². The van der Waals surface area contributed by atoms with Crippen LogP contribution >= 0.6 is 0 Å². The fourth-order valence-electron chi connectivity index (χ4n) is 4.32. The monoisotopic (exact) mass is 533 g/mol. The highest BCUT2D eigenvalue weighted by Gasteiger charge is 2.36. The topological polar surface area (TPSA) is 108 Å². The molecule has 0 aliphatic carbocycles. The van der Waals surface area contributed by atoms with E-state index in [1.54, 1.807) is 4.68 Å². The van der Waals surface area contributed by atoms with Crippen molar-refractivity contribution in [3.8, 4) is 17.4 Å². The molecular formula is C25H26F3N5O5. The van der Waals surface area contributed by atoms with Gasteiger partial charge in [-0.3, -0.25) is 14.3 Å². The Morgan fingerprint density at radius 1 is 1.13 bits per heavy atom. The maximum Gasteiger partial charge on any atom is 0.573 e. The lowest BCUT2D eigenvalue weighted by Crippen LogP contribution is -2.41. The SMILES string of the molecule is CCCn1ncc2c1C(NC(=O)c1ccccc1OC(F)(F)F)CCN2C(=O)c1cnc(OC)c(OC)c1. The number of aromatic nitrogens is 3. The third-order valence-corrected chi connectivity index (χ3v) is 5.94. The number of hydrogen-bond acceptors (Lipinski definition) is 7. The Hall–Kier alpha value is -4.29. The first-order valence-corrected chi connectivity index (χ1v) is 11.8. The number of methoxy groups -OCH3 is 2. The van der Waals surface area contributed by atoms with Crippen molar-refractivity contribution < 1.29 is 37.0 Å². The van der Waals surface area contributed by atoms with Crippen LogP contribution in [0.1, 0.15) is 52.2 Å². The van der Waals surface area contributed by atoms with Crippen molar-refractivity contribution in [2.24, 2.45) is 0 Å². The second-order valence-electron chi connectivity index (χ2n) is 8.39. The molecule has 0 saturated heterocycles. The molecular weight excluding hydrogens is 507 g/mol. The molecule has 1 N–H and O–H groups in total. The van der Waals surface area contributed by atoms with Crippen LogP contribution in [0.4, 0.5) is 18.9 Å². The van der Waals surface area contributed by atoms with Crippen LogP contribution in [0.2, 0.25) is 0 Å². The van der Waals surface area contributed by atoms with Crippen molar-refractivity contribution in [2.75, 3.05) is 25.7 Å². The summed E-state index contributed by atoms with van der Waals surface area (Å²) in [4.78, 5) is 32.2. The van der Waals surface area contributed by atoms with Crippen LogP contribution in [0.15, 0.2) is 42.7 Å². The number of fused-ring (bicyclic) bond motifs is 1. The van der Waals surface area contributed by atoms with E-state index < -0.39 is 24.1 Å². The van der Waals surface area contributed by atoms with Gasteiger partial charge >= 0.3 is 6.36 Å². The molecule has 0 saturated carbocycles. The molecule has 1 unspecified atom stereocenters. The van der Waals surface area contributed by atoms with Crippen molar-refractivity contribution in [2.45, 2.75) is 38.7 Å². The van der Waals surface area contributed by atoms with Crippen LogP contribution in [-0.4, -0.2) is 53.7 Å². The molecule has 4 rings (SSSR count). The first-order valence-electron chi connectivity index (χ1n) is 11.8. The number of rotatable bonds is 8. The van der Waals surface area contributed by atoms with E-state index in [1.165, 1.54) is 55.8 Å². The summed E-state index contributed by atoms with van der Waals surface area (Å²) >= 11 is 0. The van der Waals surface area contributed by atoms with Crippen LogP contribution < -0.4 is 24.4 Å². The van der Waals surface area contributed by atoms with E-state index in [0.29, 0.717) is 30.1 Å². The summed E-state index contributed by atoms with van der Waals surface area (Å²) in [7, 11) is 2.88. The van der Waals surface area contributed by atoms with Gasteiger partial charge in [0.2, 0.25) is 0 Å². The van der Waals surface area contributed by atoms with Gasteiger partial charge in [-0.2, -0.15) is 5.10 Å². The third-order valence-electron chi connectivity index (χ3n) is 5.94. The van der Waals surface area contributed by atoms with Crippen LogP contribution in [0, 0.1) is 0 Å². The fourth-order valence-corrected chi connectivity index (χ4v) is 4.32. The number of ether oxygens (including phenoxy) is 3. The molecule has 0 spiro atoms. The molecule has 1 atom stereocenters. The number of anilines is 1. The lowest BCUT2D eigenvalue weighted by atomic mass is 10.0. The van der Waals surface area contributed by atoms with Gasteiger partial charge in [0.25, 0.3) is 17.7 Å². The Morgan fingerprint density at radius 3 is 2.58 bits per heavy atom. The predicted octanol–water partition coefficient (Wildman–Crippen LogP) is 4.13. The molecule has 3 heterocycles. The Morgan fingerprint density at radius 2 is 1.89 bits per heavy atom. The fraction of sp³-hybridized carbons (Fsp3) is 0.360. The average molecular weight is 534 g/mol. The van der Waals surface area contributed by atoms with Crippen LogP contribution in [0.5, 0.6) is 17.4 Å². The zero-order valence-electron chi connectivity index (χ0n) is 20.9. The molecule has 13 heteroatoms. The van der Waals surface area contributed by atoms with Gasteiger partial charge in [0.1, 0.15) is 5.75 Å². The summed E-state index contributed by atoms with van der Waals surface area (Å²) < 4.78 is 54.7. The number of nitrogens with one attached hydrogen (secondary N) is 1. The molecule has 0 bridgehead atoms. The standard InChI is InChI=1S/C25H26F3N5O5/c1-4-10-33-21-17(31-22(34)16-7-5-6-8-19(16)38-25(26,27)28)9-11-32(18(21)14-30-33)24(35)15-12-20(36-2)23(37-3)29-13-15/h5-8,12-14,17H,4,9-11H2,1-3H3,(H,31,34). The van der Waals surface area contributed by atoms with Crippen molar-refractivity contribution in [1.82, 2.24) is 20.1 Å². The van der Waals surface area contributed by atoms with E-state index in [-0.39, 0.29) is 29.5 Å². The van der Waals surface area contributed by atoms with Crippen LogP contribution in [0.25, 0.3) is 0 Å². The van der Waals surface area contributed by atoms with E-state index in [1.807, 2.05) is 6.92 Å². The quantitative estimate of drug-likeness (QED) is 0.464. The molecule has 1 aliphatic rings.